The van der Waals surface area contributed by atoms with Crippen molar-refractivity contribution in [2.24, 2.45) is 0 Å². The summed E-state index contributed by atoms with van der Waals surface area (Å²) in [6.07, 6.45) is 5.75. The van der Waals surface area contributed by atoms with E-state index in [4.69, 9.17) is 4.74 Å². The van der Waals surface area contributed by atoms with Crippen molar-refractivity contribution in [1.82, 2.24) is 19.6 Å². The van der Waals surface area contributed by atoms with Gasteiger partial charge in [-0.15, -0.1) is 5.10 Å². The van der Waals surface area contributed by atoms with Crippen molar-refractivity contribution in [3.8, 4) is 11.4 Å². The quantitative estimate of drug-likeness (QED) is 0.735. The van der Waals surface area contributed by atoms with Crippen molar-refractivity contribution in [2.75, 3.05) is 18.5 Å². The van der Waals surface area contributed by atoms with Crippen LogP contribution in [-0.2, 0) is 4.74 Å². The number of nitrogens with one attached hydrogen (secondary N) is 1. The highest BCUT2D eigenvalue weighted by Crippen LogP contribution is 2.40. The van der Waals surface area contributed by atoms with E-state index >= 15 is 0 Å². The summed E-state index contributed by atoms with van der Waals surface area (Å²) in [6.45, 7) is 0.845. The van der Waals surface area contributed by atoms with Gasteiger partial charge in [0.15, 0.2) is 5.82 Å². The van der Waals surface area contributed by atoms with Crippen LogP contribution in [-0.4, -0.2) is 50.0 Å². The number of aliphatic hydroxyl groups excluding tert-OH is 1. The van der Waals surface area contributed by atoms with E-state index in [2.05, 4.69) is 26.4 Å². The van der Waals surface area contributed by atoms with Gasteiger partial charge in [0.05, 0.1) is 36.3 Å². The van der Waals surface area contributed by atoms with E-state index in [0.717, 1.165) is 0 Å². The van der Waals surface area contributed by atoms with Crippen LogP contribution in [0.3, 0.4) is 0 Å². The lowest BCUT2D eigenvalue weighted by Gasteiger charge is -2.28. The van der Waals surface area contributed by atoms with Crippen molar-refractivity contribution >= 4 is 11.5 Å². The summed E-state index contributed by atoms with van der Waals surface area (Å²) >= 11 is 0. The first-order valence-corrected chi connectivity index (χ1v) is 9.22. The molecule has 0 spiro atoms. The van der Waals surface area contributed by atoms with Crippen LogP contribution in [0.25, 0.3) is 16.9 Å². The van der Waals surface area contributed by atoms with Gasteiger partial charge >= 0.3 is 0 Å². The fraction of sp³-hybridized carbons (Fsp3) is 0.421. The Hall–Kier alpha value is -2.58. The van der Waals surface area contributed by atoms with E-state index in [1.807, 2.05) is 12.3 Å². The van der Waals surface area contributed by atoms with E-state index in [-0.39, 0.29) is 18.2 Å². The molecule has 3 aromatic rings. The first-order valence-electron chi connectivity index (χ1n) is 9.22. The first-order chi connectivity index (χ1) is 13.2. The predicted molar refractivity (Wildman–Crippen MR) is 97.0 cm³/mol. The van der Waals surface area contributed by atoms with E-state index in [0.29, 0.717) is 36.3 Å². The number of ether oxygens (including phenoxy) is 1. The highest BCUT2D eigenvalue weighted by Gasteiger charge is 2.25. The molecule has 1 saturated carbocycles. The normalized spacial score (nSPS) is 22.9. The van der Waals surface area contributed by atoms with Crippen LogP contribution in [0.15, 0.2) is 30.6 Å². The van der Waals surface area contributed by atoms with Crippen molar-refractivity contribution < 1.29 is 14.2 Å². The second-order valence-electron chi connectivity index (χ2n) is 7.19. The van der Waals surface area contributed by atoms with Crippen molar-refractivity contribution in [1.29, 1.82) is 0 Å². The van der Waals surface area contributed by atoms with Gasteiger partial charge in [0.2, 0.25) is 5.95 Å². The molecule has 4 heterocycles. The maximum atomic E-state index is 14.4. The fourth-order valence-electron chi connectivity index (χ4n) is 3.47. The minimum absolute atomic E-state index is 0.198. The third-order valence-electron chi connectivity index (χ3n) is 5.21. The maximum Gasteiger partial charge on any atom is 0.241 e. The fourth-order valence-corrected chi connectivity index (χ4v) is 3.47. The summed E-state index contributed by atoms with van der Waals surface area (Å²) in [5, 5.41) is 17.6. The number of fused-ring (bicyclic) bond motifs is 1. The highest BCUT2D eigenvalue weighted by molar-refractivity contribution is 5.64. The molecule has 0 unspecified atom stereocenters. The molecule has 0 bridgehead atoms. The number of rotatable bonds is 4. The number of pyridine rings is 1. The van der Waals surface area contributed by atoms with Crippen LogP contribution in [0.2, 0.25) is 0 Å². The number of hydrogen-bond acceptors (Lipinski definition) is 6. The lowest BCUT2D eigenvalue weighted by atomic mass is 10.1. The average molecular weight is 369 g/mol. The van der Waals surface area contributed by atoms with Gasteiger partial charge in [-0.1, -0.05) is 6.07 Å². The smallest absolute Gasteiger partial charge is 0.241 e. The second-order valence-corrected chi connectivity index (χ2v) is 7.19. The van der Waals surface area contributed by atoms with E-state index in [1.54, 1.807) is 0 Å². The lowest BCUT2D eigenvalue weighted by Crippen LogP contribution is -2.42. The zero-order valence-electron chi connectivity index (χ0n) is 14.7. The first kappa shape index (κ1) is 16.6. The molecule has 2 aliphatic rings. The van der Waals surface area contributed by atoms with E-state index in [1.165, 1.54) is 35.2 Å². The summed E-state index contributed by atoms with van der Waals surface area (Å²) in [5.74, 6) is 0.562. The van der Waals surface area contributed by atoms with Crippen LogP contribution in [0.5, 0.6) is 0 Å². The van der Waals surface area contributed by atoms with Gasteiger partial charge in [-0.05, 0) is 36.8 Å². The molecular formula is C19H20FN5O2. The SMILES string of the molecule is O[C@@H]1COCC[C@H]1Nc1ncc2c(F)cc(-c3ccc(C4CC4)cn3)n2n1. The van der Waals surface area contributed by atoms with Gasteiger partial charge in [0.1, 0.15) is 5.52 Å². The van der Waals surface area contributed by atoms with E-state index in [9.17, 15) is 9.50 Å². The number of nitrogens with zero attached hydrogens (tertiary/aromatic N) is 4. The molecule has 8 heteroatoms. The van der Waals surface area contributed by atoms with Gasteiger partial charge in [-0.25, -0.2) is 13.9 Å². The largest absolute Gasteiger partial charge is 0.389 e. The Bertz CT molecular complexity index is 970. The number of halogens is 1. The molecule has 5 rings (SSSR count). The predicted octanol–water partition coefficient (Wildman–Crippen LogP) is 2.37. The molecule has 27 heavy (non-hydrogen) atoms. The third-order valence-corrected chi connectivity index (χ3v) is 5.21. The van der Waals surface area contributed by atoms with Crippen molar-refractivity contribution in [3.05, 3.63) is 42.0 Å². The third kappa shape index (κ3) is 3.15. The number of anilines is 1. The van der Waals surface area contributed by atoms with Crippen molar-refractivity contribution in [2.45, 2.75) is 37.3 Å². The van der Waals surface area contributed by atoms with Crippen molar-refractivity contribution in [3.63, 3.8) is 0 Å². The Morgan fingerprint density at radius 2 is 2.07 bits per heavy atom. The lowest BCUT2D eigenvalue weighted by molar-refractivity contribution is -0.0136. The molecule has 7 nitrogen and oxygen atoms in total. The van der Waals surface area contributed by atoms with Gasteiger partial charge in [-0.2, -0.15) is 0 Å². The molecule has 0 amide bonds. The summed E-state index contributed by atoms with van der Waals surface area (Å²) < 4.78 is 21.1. The van der Waals surface area contributed by atoms with Crippen LogP contribution >= 0.6 is 0 Å². The number of hydrogen-bond donors (Lipinski definition) is 2. The Morgan fingerprint density at radius 1 is 1.19 bits per heavy atom. The molecule has 0 radical (unpaired) electrons. The minimum Gasteiger partial charge on any atom is -0.389 e. The topological polar surface area (TPSA) is 84.6 Å². The van der Waals surface area contributed by atoms with Crippen LogP contribution in [0, 0.1) is 5.82 Å². The van der Waals surface area contributed by atoms with Gasteiger partial charge in [0.25, 0.3) is 0 Å². The van der Waals surface area contributed by atoms with Gasteiger partial charge < -0.3 is 15.2 Å². The molecule has 1 aliphatic carbocycles. The van der Waals surface area contributed by atoms with E-state index < -0.39 is 11.9 Å². The summed E-state index contributed by atoms with van der Waals surface area (Å²) in [7, 11) is 0. The van der Waals surface area contributed by atoms with Crippen LogP contribution < -0.4 is 5.32 Å². The Balaban J connectivity index is 1.48. The number of aliphatic hydroxyl groups is 1. The Labute approximate surface area is 155 Å². The molecular weight excluding hydrogens is 349 g/mol. The summed E-state index contributed by atoms with van der Waals surface area (Å²) in [4.78, 5) is 8.70. The molecule has 2 fully saturated rings. The highest BCUT2D eigenvalue weighted by atomic mass is 19.1. The molecule has 0 aromatic carbocycles. The molecule has 2 atom stereocenters. The molecule has 1 saturated heterocycles. The second kappa shape index (κ2) is 6.54. The average Bonchev–Trinajstić information content (AvgIpc) is 3.48. The minimum atomic E-state index is -0.629. The zero-order chi connectivity index (χ0) is 18.4. The molecule has 1 aliphatic heterocycles. The van der Waals surface area contributed by atoms with Gasteiger partial charge in [0, 0.05) is 18.9 Å². The summed E-state index contributed by atoms with van der Waals surface area (Å²) in [6, 6.07) is 5.19. The molecule has 140 valence electrons. The Kier molecular flexibility index (Phi) is 4.02. The standard InChI is InChI=1S/C19H20FN5O2/c20-13-7-16(14-4-3-12(8-21-14)11-1-2-11)25-17(13)9-22-19(24-25)23-15-5-6-27-10-18(15)26/h3-4,7-9,11,15,18,26H,1-2,5-6,10H2,(H,23,24)/t15-,18-/m1/s1. The van der Waals surface area contributed by atoms with Crippen LogP contribution in [0.1, 0.15) is 30.7 Å². The van der Waals surface area contributed by atoms with Crippen LogP contribution in [0.4, 0.5) is 10.3 Å². The number of aromatic nitrogens is 4. The molecule has 2 N–H and O–H groups in total. The zero-order valence-corrected chi connectivity index (χ0v) is 14.7. The Morgan fingerprint density at radius 3 is 2.81 bits per heavy atom. The van der Waals surface area contributed by atoms with Gasteiger partial charge in [-0.3, -0.25) is 4.98 Å². The maximum absolute atomic E-state index is 14.4. The molecule has 3 aromatic heterocycles. The summed E-state index contributed by atoms with van der Waals surface area (Å²) in [5.41, 5.74) is 2.75. The monoisotopic (exact) mass is 369 g/mol.